The first-order valence-corrected chi connectivity index (χ1v) is 9.72. The minimum absolute atomic E-state index is 0.0216. The van der Waals surface area contributed by atoms with E-state index in [1.54, 1.807) is 17.0 Å². The molecule has 3 aliphatic rings. The molecule has 4 rings (SSSR count). The van der Waals surface area contributed by atoms with Crippen LogP contribution in [0.3, 0.4) is 0 Å². The number of piperidine rings is 1. The molecule has 2 saturated heterocycles. The molecule has 8 heteroatoms. The average Bonchev–Trinajstić information content (AvgIpc) is 3.32. The van der Waals surface area contributed by atoms with Crippen molar-refractivity contribution in [2.24, 2.45) is 11.8 Å². The van der Waals surface area contributed by atoms with E-state index in [1.165, 1.54) is 0 Å². The van der Waals surface area contributed by atoms with Gasteiger partial charge in [0.15, 0.2) is 11.5 Å². The molecule has 0 radical (unpaired) electrons. The molecule has 0 saturated carbocycles. The van der Waals surface area contributed by atoms with Gasteiger partial charge in [-0.1, -0.05) is 0 Å². The fourth-order valence-electron chi connectivity index (χ4n) is 4.20. The summed E-state index contributed by atoms with van der Waals surface area (Å²) in [6.07, 6.45) is 2.71. The number of carbonyl (C=O) groups is 3. The van der Waals surface area contributed by atoms with Crippen LogP contribution in [-0.2, 0) is 14.4 Å². The van der Waals surface area contributed by atoms with Crippen LogP contribution in [0.1, 0.15) is 32.1 Å². The Bertz CT molecular complexity index is 787. The molecule has 2 amide bonds. The smallest absolute Gasteiger partial charge is 0.303 e. The van der Waals surface area contributed by atoms with Crippen molar-refractivity contribution in [3.63, 3.8) is 0 Å². The molecule has 150 valence electrons. The SMILES string of the molecule is O=C(O)CCC1CCN(C(=O)[C@@H]2CC(=O)N(c3ccc4c(c3)OCO4)C2)CC1. The molecule has 8 nitrogen and oxygen atoms in total. The van der Waals surface area contributed by atoms with E-state index in [9.17, 15) is 14.4 Å². The van der Waals surface area contributed by atoms with Crippen LogP contribution in [0.4, 0.5) is 5.69 Å². The zero-order valence-corrected chi connectivity index (χ0v) is 15.6. The third kappa shape index (κ3) is 3.76. The highest BCUT2D eigenvalue weighted by atomic mass is 16.7. The second kappa shape index (κ2) is 7.69. The molecule has 1 N–H and O–H groups in total. The molecule has 2 fully saturated rings. The Morgan fingerprint density at radius 2 is 1.89 bits per heavy atom. The van der Waals surface area contributed by atoms with Crippen molar-refractivity contribution in [2.45, 2.75) is 32.1 Å². The van der Waals surface area contributed by atoms with Gasteiger partial charge in [0, 0.05) is 44.2 Å². The Hall–Kier alpha value is -2.77. The topological polar surface area (TPSA) is 96.4 Å². The number of carboxylic acid groups (broad SMARTS) is 1. The van der Waals surface area contributed by atoms with Gasteiger partial charge in [0.05, 0.1) is 5.92 Å². The van der Waals surface area contributed by atoms with E-state index < -0.39 is 5.97 Å². The van der Waals surface area contributed by atoms with E-state index in [-0.39, 0.29) is 37.4 Å². The highest BCUT2D eigenvalue weighted by molar-refractivity contribution is 6.00. The van der Waals surface area contributed by atoms with Crippen molar-refractivity contribution in [1.82, 2.24) is 4.90 Å². The number of benzene rings is 1. The number of nitrogens with zero attached hydrogens (tertiary/aromatic N) is 2. The van der Waals surface area contributed by atoms with Crippen LogP contribution < -0.4 is 14.4 Å². The minimum Gasteiger partial charge on any atom is -0.481 e. The van der Waals surface area contributed by atoms with Gasteiger partial charge >= 0.3 is 5.97 Å². The summed E-state index contributed by atoms with van der Waals surface area (Å²) in [7, 11) is 0. The van der Waals surface area contributed by atoms with Crippen LogP contribution in [0.5, 0.6) is 11.5 Å². The van der Waals surface area contributed by atoms with Gasteiger partial charge in [-0.25, -0.2) is 0 Å². The number of amides is 2. The van der Waals surface area contributed by atoms with Crippen molar-refractivity contribution in [1.29, 1.82) is 0 Å². The number of carboxylic acids is 1. The molecule has 0 bridgehead atoms. The van der Waals surface area contributed by atoms with E-state index in [2.05, 4.69) is 0 Å². The lowest BCUT2D eigenvalue weighted by Crippen LogP contribution is -2.42. The van der Waals surface area contributed by atoms with Crippen LogP contribution in [-0.4, -0.2) is 54.2 Å². The third-order valence-corrected chi connectivity index (χ3v) is 5.83. The van der Waals surface area contributed by atoms with Crippen molar-refractivity contribution in [3.8, 4) is 11.5 Å². The molecule has 1 aromatic rings. The van der Waals surface area contributed by atoms with Crippen LogP contribution in [0.15, 0.2) is 18.2 Å². The van der Waals surface area contributed by atoms with Crippen molar-refractivity contribution >= 4 is 23.5 Å². The largest absolute Gasteiger partial charge is 0.481 e. The fraction of sp³-hybridized carbons (Fsp3) is 0.550. The number of hydrogen-bond donors (Lipinski definition) is 1. The van der Waals surface area contributed by atoms with Crippen molar-refractivity contribution in [3.05, 3.63) is 18.2 Å². The van der Waals surface area contributed by atoms with Gasteiger partial charge in [-0.2, -0.15) is 0 Å². The lowest BCUT2D eigenvalue weighted by molar-refractivity contribution is -0.139. The summed E-state index contributed by atoms with van der Waals surface area (Å²) in [6, 6.07) is 5.37. The predicted octanol–water partition coefficient (Wildman–Crippen LogP) is 1.87. The van der Waals surface area contributed by atoms with Crippen molar-refractivity contribution < 1.29 is 29.0 Å². The summed E-state index contributed by atoms with van der Waals surface area (Å²) in [5, 5.41) is 8.81. The lowest BCUT2D eigenvalue weighted by Gasteiger charge is -2.33. The average molecular weight is 388 g/mol. The molecule has 0 aromatic heterocycles. The number of hydrogen-bond acceptors (Lipinski definition) is 5. The molecule has 1 aromatic carbocycles. The van der Waals surface area contributed by atoms with E-state index in [1.807, 2.05) is 11.0 Å². The van der Waals surface area contributed by atoms with E-state index >= 15 is 0 Å². The highest BCUT2D eigenvalue weighted by Crippen LogP contribution is 2.37. The second-order valence-corrected chi connectivity index (χ2v) is 7.64. The van der Waals surface area contributed by atoms with Gasteiger partial charge in [-0.3, -0.25) is 14.4 Å². The maximum Gasteiger partial charge on any atom is 0.303 e. The monoisotopic (exact) mass is 388 g/mol. The summed E-state index contributed by atoms with van der Waals surface area (Å²) in [4.78, 5) is 39.6. The molecular weight excluding hydrogens is 364 g/mol. The first-order chi connectivity index (χ1) is 13.5. The maximum atomic E-state index is 12.9. The fourth-order valence-corrected chi connectivity index (χ4v) is 4.20. The zero-order valence-electron chi connectivity index (χ0n) is 15.6. The number of likely N-dealkylation sites (tertiary alicyclic amines) is 1. The third-order valence-electron chi connectivity index (χ3n) is 5.83. The van der Waals surface area contributed by atoms with Crippen LogP contribution in [0, 0.1) is 11.8 Å². The normalized spacial score (nSPS) is 22.0. The summed E-state index contributed by atoms with van der Waals surface area (Å²) in [6.45, 7) is 1.82. The van der Waals surface area contributed by atoms with Gasteiger partial charge in [0.2, 0.25) is 18.6 Å². The Labute approximate surface area is 163 Å². The standard InChI is InChI=1S/C20H24N2O6/c23-18-9-14(11-22(18)15-2-3-16-17(10-15)28-12-27-16)20(26)21-7-5-13(6-8-21)1-4-19(24)25/h2-3,10,13-14H,1,4-9,11-12H2,(H,24,25)/t14-/m1/s1. The summed E-state index contributed by atoms with van der Waals surface area (Å²) >= 11 is 0. The number of fused-ring (bicyclic) bond motifs is 1. The predicted molar refractivity (Wildman–Crippen MR) is 99.2 cm³/mol. The first-order valence-electron chi connectivity index (χ1n) is 9.72. The summed E-state index contributed by atoms with van der Waals surface area (Å²) in [5.74, 6) is 0.481. The van der Waals surface area contributed by atoms with Gasteiger partial charge < -0.3 is 24.4 Å². The molecule has 3 aliphatic heterocycles. The molecule has 0 spiro atoms. The number of ether oxygens (including phenoxy) is 2. The Kier molecular flexibility index (Phi) is 5.11. The van der Waals surface area contributed by atoms with Gasteiger partial charge in [0.25, 0.3) is 0 Å². The number of rotatable bonds is 5. The highest BCUT2D eigenvalue weighted by Gasteiger charge is 2.38. The minimum atomic E-state index is -0.772. The van der Waals surface area contributed by atoms with Crippen LogP contribution in [0.2, 0.25) is 0 Å². The number of carbonyl (C=O) groups excluding carboxylic acids is 2. The second-order valence-electron chi connectivity index (χ2n) is 7.64. The molecule has 0 aliphatic carbocycles. The Balaban J connectivity index is 1.34. The van der Waals surface area contributed by atoms with Gasteiger partial charge in [-0.05, 0) is 37.3 Å². The van der Waals surface area contributed by atoms with E-state index in [4.69, 9.17) is 14.6 Å². The van der Waals surface area contributed by atoms with Gasteiger partial charge in [-0.15, -0.1) is 0 Å². The Morgan fingerprint density at radius 1 is 1.14 bits per heavy atom. The van der Waals surface area contributed by atoms with Crippen LogP contribution >= 0.6 is 0 Å². The molecule has 28 heavy (non-hydrogen) atoms. The van der Waals surface area contributed by atoms with Gasteiger partial charge in [0.1, 0.15) is 0 Å². The first kappa shape index (κ1) is 18.6. The maximum absolute atomic E-state index is 12.9. The quantitative estimate of drug-likeness (QED) is 0.827. The zero-order chi connectivity index (χ0) is 19.7. The van der Waals surface area contributed by atoms with Crippen LogP contribution in [0.25, 0.3) is 0 Å². The van der Waals surface area contributed by atoms with E-state index in [0.717, 1.165) is 18.5 Å². The number of aliphatic carboxylic acids is 1. The van der Waals surface area contributed by atoms with Crippen molar-refractivity contribution in [2.75, 3.05) is 31.3 Å². The van der Waals surface area contributed by atoms with E-state index in [0.29, 0.717) is 43.5 Å². The number of anilines is 1. The Morgan fingerprint density at radius 3 is 2.64 bits per heavy atom. The molecule has 3 heterocycles. The lowest BCUT2D eigenvalue weighted by atomic mass is 9.91. The molecule has 1 atom stereocenters. The molecular formula is C20H24N2O6. The summed E-state index contributed by atoms with van der Waals surface area (Å²) in [5.41, 5.74) is 0.719. The summed E-state index contributed by atoms with van der Waals surface area (Å²) < 4.78 is 10.7. The molecule has 0 unspecified atom stereocenters.